The van der Waals surface area contributed by atoms with Gasteiger partial charge in [0.25, 0.3) is 5.69 Å². The van der Waals surface area contributed by atoms with Gasteiger partial charge in [0.2, 0.25) is 0 Å². The first-order valence-corrected chi connectivity index (χ1v) is 7.44. The van der Waals surface area contributed by atoms with Crippen molar-refractivity contribution in [2.24, 2.45) is 0 Å². The van der Waals surface area contributed by atoms with Crippen molar-refractivity contribution in [3.8, 4) is 0 Å². The summed E-state index contributed by atoms with van der Waals surface area (Å²) in [4.78, 5) is 10.5. The van der Waals surface area contributed by atoms with Crippen molar-refractivity contribution in [3.05, 3.63) is 63.2 Å². The monoisotopic (exact) mass is 297 g/mol. The first kappa shape index (κ1) is 14.4. The molecule has 0 bridgehead atoms. The number of benzene rings is 2. The van der Waals surface area contributed by atoms with Gasteiger partial charge >= 0.3 is 0 Å². The van der Waals surface area contributed by atoms with Crippen molar-refractivity contribution in [1.82, 2.24) is 0 Å². The highest BCUT2D eigenvalue weighted by molar-refractivity contribution is 5.56. The zero-order valence-corrected chi connectivity index (χ0v) is 12.5. The molecule has 1 aliphatic rings. The second-order valence-electron chi connectivity index (χ2n) is 5.81. The van der Waals surface area contributed by atoms with Gasteiger partial charge in [-0.15, -0.1) is 0 Å². The van der Waals surface area contributed by atoms with Gasteiger partial charge in [0.15, 0.2) is 0 Å². The van der Waals surface area contributed by atoms with Crippen LogP contribution in [-0.2, 0) is 6.42 Å². The molecule has 0 saturated carbocycles. The molecule has 5 heteroatoms. The second-order valence-corrected chi connectivity index (χ2v) is 5.81. The van der Waals surface area contributed by atoms with Gasteiger partial charge in [0.1, 0.15) is 0 Å². The van der Waals surface area contributed by atoms with Crippen LogP contribution in [0, 0.1) is 17.0 Å². The van der Waals surface area contributed by atoms with Crippen LogP contribution in [-0.4, -0.2) is 4.92 Å². The summed E-state index contributed by atoms with van der Waals surface area (Å²) in [5.41, 5.74) is 11.0. The fourth-order valence-electron chi connectivity index (χ4n) is 3.14. The Labute approximate surface area is 129 Å². The van der Waals surface area contributed by atoms with Crippen LogP contribution in [0.5, 0.6) is 0 Å². The van der Waals surface area contributed by atoms with E-state index in [1.54, 1.807) is 19.1 Å². The average molecular weight is 297 g/mol. The molecule has 0 fully saturated rings. The molecule has 0 aliphatic heterocycles. The van der Waals surface area contributed by atoms with Gasteiger partial charge in [-0.2, -0.15) is 0 Å². The Kier molecular flexibility index (Phi) is 3.71. The quantitative estimate of drug-likeness (QED) is 0.510. The number of nitrogens with two attached hydrogens (primary N) is 1. The van der Waals surface area contributed by atoms with Crippen molar-refractivity contribution in [2.75, 3.05) is 11.1 Å². The minimum Gasteiger partial charge on any atom is -0.399 e. The van der Waals surface area contributed by atoms with Crippen LogP contribution in [0.15, 0.2) is 36.4 Å². The molecular formula is C17H19N3O2. The van der Waals surface area contributed by atoms with Crippen LogP contribution < -0.4 is 11.1 Å². The Morgan fingerprint density at radius 1 is 1.27 bits per heavy atom. The molecule has 0 radical (unpaired) electrons. The van der Waals surface area contributed by atoms with E-state index in [0.717, 1.165) is 30.6 Å². The molecule has 22 heavy (non-hydrogen) atoms. The molecule has 1 unspecified atom stereocenters. The molecule has 0 amide bonds. The Bertz CT molecular complexity index is 728. The van der Waals surface area contributed by atoms with E-state index < -0.39 is 0 Å². The van der Waals surface area contributed by atoms with Gasteiger partial charge < -0.3 is 11.1 Å². The Hall–Kier alpha value is -2.56. The van der Waals surface area contributed by atoms with Crippen LogP contribution in [0.3, 0.4) is 0 Å². The third-order valence-electron chi connectivity index (χ3n) is 4.22. The summed E-state index contributed by atoms with van der Waals surface area (Å²) in [5.74, 6) is 0. The maximum Gasteiger partial charge on any atom is 0.272 e. The van der Waals surface area contributed by atoms with Crippen LogP contribution in [0.2, 0.25) is 0 Å². The van der Waals surface area contributed by atoms with Crippen molar-refractivity contribution < 1.29 is 4.92 Å². The molecule has 3 N–H and O–H groups in total. The average Bonchev–Trinajstić information content (AvgIpc) is 2.47. The van der Waals surface area contributed by atoms with Gasteiger partial charge in [-0.3, -0.25) is 10.1 Å². The number of hydrogen-bond acceptors (Lipinski definition) is 4. The van der Waals surface area contributed by atoms with Crippen LogP contribution in [0.1, 0.15) is 35.6 Å². The van der Waals surface area contributed by atoms with Crippen LogP contribution >= 0.6 is 0 Å². The molecule has 3 rings (SSSR count). The lowest BCUT2D eigenvalue weighted by atomic mass is 9.87. The van der Waals surface area contributed by atoms with Gasteiger partial charge in [-0.1, -0.05) is 6.07 Å². The minimum atomic E-state index is -0.349. The predicted octanol–water partition coefficient (Wildman–Crippen LogP) is 3.97. The summed E-state index contributed by atoms with van der Waals surface area (Å²) in [6.07, 6.45) is 3.21. The maximum absolute atomic E-state index is 10.9. The fourth-order valence-corrected chi connectivity index (χ4v) is 3.14. The summed E-state index contributed by atoms with van der Waals surface area (Å²) >= 11 is 0. The van der Waals surface area contributed by atoms with E-state index in [1.807, 2.05) is 18.2 Å². The van der Waals surface area contributed by atoms with E-state index in [4.69, 9.17) is 5.73 Å². The second kappa shape index (κ2) is 5.67. The normalized spacial score (nSPS) is 16.9. The number of rotatable bonds is 3. The third kappa shape index (κ3) is 2.74. The van der Waals surface area contributed by atoms with E-state index in [9.17, 15) is 10.1 Å². The topological polar surface area (TPSA) is 81.2 Å². The summed E-state index contributed by atoms with van der Waals surface area (Å²) in [5, 5.41) is 14.4. The fraction of sp³-hybridized carbons (Fsp3) is 0.294. The van der Waals surface area contributed by atoms with Crippen LogP contribution in [0.25, 0.3) is 0 Å². The molecule has 0 aromatic heterocycles. The van der Waals surface area contributed by atoms with E-state index in [-0.39, 0.29) is 16.7 Å². The van der Waals surface area contributed by atoms with Gasteiger partial charge in [0, 0.05) is 23.0 Å². The standard InChI is InChI=1S/C17H19N3O2/c1-11-9-14(6-8-17(11)20(21)22)19-16-4-2-3-12-10-13(18)5-7-15(12)16/h5-10,16,19H,2-4,18H2,1H3. The number of nitro groups is 1. The maximum atomic E-state index is 10.9. The number of fused-ring (bicyclic) bond motifs is 1. The molecule has 5 nitrogen and oxygen atoms in total. The lowest BCUT2D eigenvalue weighted by Crippen LogP contribution is -2.17. The SMILES string of the molecule is Cc1cc(NC2CCCc3cc(N)ccc32)ccc1[N+](=O)[O-]. The zero-order chi connectivity index (χ0) is 15.7. The molecule has 2 aromatic carbocycles. The summed E-state index contributed by atoms with van der Waals surface area (Å²) in [7, 11) is 0. The predicted molar refractivity (Wildman–Crippen MR) is 88.0 cm³/mol. The van der Waals surface area contributed by atoms with Gasteiger partial charge in [-0.05, 0) is 61.6 Å². The van der Waals surface area contributed by atoms with E-state index in [2.05, 4.69) is 11.4 Å². The Morgan fingerprint density at radius 3 is 2.82 bits per heavy atom. The lowest BCUT2D eigenvalue weighted by Gasteiger charge is -2.27. The highest BCUT2D eigenvalue weighted by atomic mass is 16.6. The molecule has 0 heterocycles. The summed E-state index contributed by atoms with van der Waals surface area (Å²) < 4.78 is 0. The molecule has 114 valence electrons. The number of hydrogen-bond donors (Lipinski definition) is 2. The van der Waals surface area contributed by atoms with Crippen molar-refractivity contribution in [3.63, 3.8) is 0 Å². The van der Waals surface area contributed by atoms with Crippen molar-refractivity contribution >= 4 is 17.1 Å². The summed E-state index contributed by atoms with van der Waals surface area (Å²) in [6, 6.07) is 11.5. The first-order valence-electron chi connectivity index (χ1n) is 7.44. The minimum absolute atomic E-state index is 0.155. The Morgan fingerprint density at radius 2 is 2.09 bits per heavy atom. The molecule has 1 aliphatic carbocycles. The number of anilines is 2. The summed E-state index contributed by atoms with van der Waals surface area (Å²) in [6.45, 7) is 1.76. The highest BCUT2D eigenvalue weighted by Crippen LogP contribution is 2.34. The third-order valence-corrected chi connectivity index (χ3v) is 4.22. The number of nitrogens with one attached hydrogen (secondary N) is 1. The van der Waals surface area contributed by atoms with Crippen LogP contribution in [0.4, 0.5) is 17.1 Å². The number of nitrogens with zero attached hydrogens (tertiary/aromatic N) is 1. The van der Waals surface area contributed by atoms with E-state index in [1.165, 1.54) is 11.1 Å². The van der Waals surface area contributed by atoms with Gasteiger partial charge in [-0.25, -0.2) is 0 Å². The first-order chi connectivity index (χ1) is 10.5. The Balaban J connectivity index is 1.86. The number of nitrogen functional groups attached to an aromatic ring is 1. The molecule has 0 spiro atoms. The van der Waals surface area contributed by atoms with Crippen molar-refractivity contribution in [1.29, 1.82) is 0 Å². The molecular weight excluding hydrogens is 278 g/mol. The number of nitro benzene ring substituents is 1. The molecule has 2 aromatic rings. The van der Waals surface area contributed by atoms with Crippen molar-refractivity contribution in [2.45, 2.75) is 32.2 Å². The van der Waals surface area contributed by atoms with E-state index >= 15 is 0 Å². The lowest BCUT2D eigenvalue weighted by molar-refractivity contribution is -0.385. The van der Waals surface area contributed by atoms with E-state index in [0.29, 0.717) is 5.56 Å². The number of aryl methyl sites for hydroxylation is 2. The molecule has 0 saturated heterocycles. The smallest absolute Gasteiger partial charge is 0.272 e. The molecule has 1 atom stereocenters. The zero-order valence-electron chi connectivity index (χ0n) is 12.5. The highest BCUT2D eigenvalue weighted by Gasteiger charge is 2.20. The largest absolute Gasteiger partial charge is 0.399 e. The van der Waals surface area contributed by atoms with Gasteiger partial charge in [0.05, 0.1) is 11.0 Å².